The van der Waals surface area contributed by atoms with E-state index in [4.69, 9.17) is 22.4 Å². The highest BCUT2D eigenvalue weighted by atomic mass is 16.5. The highest BCUT2D eigenvalue weighted by Gasteiger charge is 2.41. The Bertz CT molecular complexity index is 374. The zero-order valence-electron chi connectivity index (χ0n) is 14.2. The van der Waals surface area contributed by atoms with Crippen LogP contribution >= 0.6 is 0 Å². The van der Waals surface area contributed by atoms with E-state index in [1.165, 1.54) is 0 Å². The predicted molar refractivity (Wildman–Crippen MR) is 89.4 cm³/mol. The molecule has 23 heavy (non-hydrogen) atoms. The van der Waals surface area contributed by atoms with Gasteiger partial charge in [-0.3, -0.25) is 4.79 Å². The fourth-order valence-corrected chi connectivity index (χ4v) is 3.37. The van der Waals surface area contributed by atoms with E-state index >= 15 is 0 Å². The first-order chi connectivity index (χ1) is 11.0. The molecule has 6 heteroatoms. The average molecular weight is 324 g/mol. The molecule has 1 saturated carbocycles. The zero-order chi connectivity index (χ0) is 17.2. The lowest BCUT2D eigenvalue weighted by Gasteiger charge is -2.25. The van der Waals surface area contributed by atoms with Gasteiger partial charge in [-0.2, -0.15) is 0 Å². The van der Waals surface area contributed by atoms with Gasteiger partial charge in [0.2, 0.25) is 0 Å². The van der Waals surface area contributed by atoms with Gasteiger partial charge in [-0.25, -0.2) is 0 Å². The molecular formula is C17H29BO5. The van der Waals surface area contributed by atoms with E-state index in [0.29, 0.717) is 12.8 Å². The molecule has 0 amide bonds. The summed E-state index contributed by atoms with van der Waals surface area (Å²) in [7, 11) is 9.09. The quantitative estimate of drug-likeness (QED) is 0.346. The summed E-state index contributed by atoms with van der Waals surface area (Å²) in [4.78, 5) is 10.5. The summed E-state index contributed by atoms with van der Waals surface area (Å²) in [5, 5.41) is 18.9. The number of carboxylic acids is 1. The number of carboxylic acid groups (broad SMARTS) is 1. The summed E-state index contributed by atoms with van der Waals surface area (Å²) in [6, 6.07) is -0.280. The summed E-state index contributed by atoms with van der Waals surface area (Å²) < 4.78 is 10.6. The second-order valence-corrected chi connectivity index (χ2v) is 6.25. The van der Waals surface area contributed by atoms with Gasteiger partial charge in [0.1, 0.15) is 7.85 Å². The van der Waals surface area contributed by atoms with Crippen molar-refractivity contribution < 1.29 is 24.5 Å². The average Bonchev–Trinajstić information content (AvgIpc) is 2.83. The van der Waals surface area contributed by atoms with E-state index < -0.39 is 5.97 Å². The van der Waals surface area contributed by atoms with Gasteiger partial charge in [0, 0.05) is 33.1 Å². The van der Waals surface area contributed by atoms with Crippen LogP contribution in [0.4, 0.5) is 0 Å². The second kappa shape index (κ2) is 10.8. The van der Waals surface area contributed by atoms with E-state index in [2.05, 4.69) is 6.08 Å². The number of hydrogen-bond donors (Lipinski definition) is 2. The first-order valence-corrected chi connectivity index (χ1v) is 8.35. The number of carbonyl (C=O) groups is 1. The van der Waals surface area contributed by atoms with E-state index in [1.54, 1.807) is 14.2 Å². The Morgan fingerprint density at radius 2 is 2.09 bits per heavy atom. The molecule has 5 atom stereocenters. The molecule has 5 nitrogen and oxygen atoms in total. The first-order valence-electron chi connectivity index (χ1n) is 8.35. The second-order valence-electron chi connectivity index (χ2n) is 6.25. The van der Waals surface area contributed by atoms with Crippen molar-refractivity contribution in [2.75, 3.05) is 14.2 Å². The topological polar surface area (TPSA) is 76.0 Å². The van der Waals surface area contributed by atoms with Gasteiger partial charge >= 0.3 is 5.97 Å². The van der Waals surface area contributed by atoms with Crippen LogP contribution < -0.4 is 0 Å². The Kier molecular flexibility index (Phi) is 9.52. The van der Waals surface area contributed by atoms with Crippen molar-refractivity contribution in [2.24, 2.45) is 11.8 Å². The fraction of sp³-hybridized carbons (Fsp3) is 0.824. The largest absolute Gasteiger partial charge is 0.481 e. The molecule has 2 N–H and O–H groups in total. The van der Waals surface area contributed by atoms with Gasteiger partial charge in [0.05, 0.1) is 12.2 Å². The number of aliphatic hydroxyl groups is 1. The summed E-state index contributed by atoms with van der Waals surface area (Å²) in [6.45, 7) is 0. The molecule has 0 aromatic carbocycles. The van der Waals surface area contributed by atoms with Gasteiger partial charge in [0.15, 0.2) is 0 Å². The maximum atomic E-state index is 10.5. The fourth-order valence-electron chi connectivity index (χ4n) is 3.37. The van der Waals surface area contributed by atoms with Crippen LogP contribution in [0.1, 0.15) is 44.9 Å². The van der Waals surface area contributed by atoms with Crippen LogP contribution in [0.15, 0.2) is 12.2 Å². The molecule has 1 aliphatic rings. The standard InChI is InChI=1S/C17H29BO5/c1-22-15-11-14(19)12(13(15)9-10-16(18)23-2)7-5-3-4-6-8-17(20)21/h3,5,12-16,19H,4,6-11H2,1-2H3,(H,20,21)/b5-3-/t12-,13-,14?,15-,16?/m1/s1. The van der Waals surface area contributed by atoms with Crippen molar-refractivity contribution in [3.8, 4) is 0 Å². The number of unbranched alkanes of at least 4 members (excludes halogenated alkanes) is 1. The smallest absolute Gasteiger partial charge is 0.303 e. The number of methoxy groups -OCH3 is 2. The van der Waals surface area contributed by atoms with Crippen molar-refractivity contribution in [1.82, 2.24) is 0 Å². The van der Waals surface area contributed by atoms with Crippen molar-refractivity contribution in [2.45, 2.75) is 63.2 Å². The molecule has 1 aliphatic carbocycles. The lowest BCUT2D eigenvalue weighted by molar-refractivity contribution is -0.137. The molecule has 0 heterocycles. The SMILES string of the molecule is [B]C(CC[C@H]1[C@H](OC)CC(O)[C@@H]1C/C=C\CCCC(=O)O)OC. The van der Waals surface area contributed by atoms with Crippen LogP contribution in [0.2, 0.25) is 0 Å². The van der Waals surface area contributed by atoms with Crippen LogP contribution in [0.25, 0.3) is 0 Å². The first kappa shape index (κ1) is 20.2. The van der Waals surface area contributed by atoms with Crippen molar-refractivity contribution >= 4 is 13.8 Å². The third-order valence-corrected chi connectivity index (χ3v) is 4.72. The summed E-state index contributed by atoms with van der Waals surface area (Å²) in [5.74, 6) is -0.346. The Morgan fingerprint density at radius 1 is 1.35 bits per heavy atom. The molecule has 2 unspecified atom stereocenters. The minimum atomic E-state index is -0.762. The third-order valence-electron chi connectivity index (χ3n) is 4.72. The maximum Gasteiger partial charge on any atom is 0.303 e. The van der Waals surface area contributed by atoms with Crippen LogP contribution in [-0.4, -0.2) is 56.5 Å². The van der Waals surface area contributed by atoms with Crippen LogP contribution in [0.5, 0.6) is 0 Å². The minimum absolute atomic E-state index is 0.0551. The molecule has 2 radical (unpaired) electrons. The van der Waals surface area contributed by atoms with Gasteiger partial charge in [0.25, 0.3) is 0 Å². The molecule has 0 bridgehead atoms. The number of aliphatic hydroxyl groups excluding tert-OH is 1. The molecule has 0 aromatic heterocycles. The summed E-state index contributed by atoms with van der Waals surface area (Å²) >= 11 is 0. The molecule has 1 rings (SSSR count). The highest BCUT2D eigenvalue weighted by molar-refractivity contribution is 6.10. The number of allylic oxidation sites excluding steroid dienone is 2. The van der Waals surface area contributed by atoms with E-state index in [0.717, 1.165) is 25.7 Å². The van der Waals surface area contributed by atoms with Gasteiger partial charge < -0.3 is 19.7 Å². The monoisotopic (exact) mass is 324 g/mol. The molecule has 0 spiro atoms. The Morgan fingerprint density at radius 3 is 2.70 bits per heavy atom. The number of ether oxygens (including phenoxy) is 2. The lowest BCUT2D eigenvalue weighted by Crippen LogP contribution is -2.25. The number of aliphatic carboxylic acids is 1. The van der Waals surface area contributed by atoms with Gasteiger partial charge in [-0.15, -0.1) is 0 Å². The maximum absolute atomic E-state index is 10.5. The molecule has 0 aromatic rings. The van der Waals surface area contributed by atoms with Crippen LogP contribution in [0.3, 0.4) is 0 Å². The van der Waals surface area contributed by atoms with Crippen molar-refractivity contribution in [3.63, 3.8) is 0 Å². The minimum Gasteiger partial charge on any atom is -0.481 e. The van der Waals surface area contributed by atoms with Gasteiger partial charge in [-0.05, 0) is 43.9 Å². The van der Waals surface area contributed by atoms with E-state index in [-0.39, 0.29) is 36.5 Å². The molecular weight excluding hydrogens is 295 g/mol. The normalized spacial score (nSPS) is 29.2. The third kappa shape index (κ3) is 7.06. The predicted octanol–water partition coefficient (Wildman–Crippen LogP) is 2.12. The Labute approximate surface area is 140 Å². The molecule has 0 aliphatic heterocycles. The summed E-state index contributed by atoms with van der Waals surface area (Å²) in [5.41, 5.74) is 0. The van der Waals surface area contributed by atoms with E-state index in [9.17, 15) is 9.90 Å². The van der Waals surface area contributed by atoms with E-state index in [1.807, 2.05) is 6.08 Å². The number of hydrogen-bond acceptors (Lipinski definition) is 4. The van der Waals surface area contributed by atoms with Crippen molar-refractivity contribution in [3.05, 3.63) is 12.2 Å². The molecule has 130 valence electrons. The van der Waals surface area contributed by atoms with Gasteiger partial charge in [-0.1, -0.05) is 12.2 Å². The molecule has 1 fully saturated rings. The van der Waals surface area contributed by atoms with Crippen molar-refractivity contribution in [1.29, 1.82) is 0 Å². The summed E-state index contributed by atoms with van der Waals surface area (Å²) in [6.07, 6.45) is 8.38. The van der Waals surface area contributed by atoms with Crippen LogP contribution in [-0.2, 0) is 14.3 Å². The van der Waals surface area contributed by atoms with Crippen LogP contribution in [0, 0.1) is 11.8 Å². The lowest BCUT2D eigenvalue weighted by atomic mass is 9.83. The molecule has 0 saturated heterocycles. The Hall–Kier alpha value is -0.845. The Balaban J connectivity index is 2.47. The number of rotatable bonds is 11. The zero-order valence-corrected chi connectivity index (χ0v) is 14.2. The highest BCUT2D eigenvalue weighted by Crippen LogP contribution is 2.39.